The first-order chi connectivity index (χ1) is 8.15. The second-order valence-corrected chi connectivity index (χ2v) is 4.07. The topological polar surface area (TPSA) is 80.3 Å². The highest BCUT2D eigenvalue weighted by Crippen LogP contribution is 2.00. The van der Waals surface area contributed by atoms with Gasteiger partial charge < -0.3 is 15.4 Å². The molecule has 0 bridgehead atoms. The Kier molecular flexibility index (Phi) is 5.58. The lowest BCUT2D eigenvalue weighted by atomic mass is 10.3. The average Bonchev–Trinajstić information content (AvgIpc) is 2.82. The zero-order valence-electron chi connectivity index (χ0n) is 9.73. The number of aromatic nitrogens is 1. The molecule has 0 fully saturated rings. The zero-order chi connectivity index (χ0) is 12.7. The number of methoxy groups -OCH3 is 1. The molecule has 1 aromatic rings. The molecule has 0 aromatic carbocycles. The molecule has 6 nitrogen and oxygen atoms in total. The van der Waals surface area contributed by atoms with Gasteiger partial charge in [0.2, 0.25) is 5.91 Å². The van der Waals surface area contributed by atoms with Crippen molar-refractivity contribution >= 4 is 23.2 Å². The molecule has 94 valence electrons. The minimum absolute atomic E-state index is 0.245. The van der Waals surface area contributed by atoms with E-state index in [0.717, 1.165) is 0 Å². The van der Waals surface area contributed by atoms with Crippen LogP contribution in [0.1, 0.15) is 17.4 Å². The van der Waals surface area contributed by atoms with Gasteiger partial charge in [-0.25, -0.2) is 4.98 Å². The standard InChI is InChI=1S/C10H15N3O3S/c1-7(9(14)11-3-4-16-2)13-10(15)8-5-17-6-12-8/h5-7H,3-4H2,1-2H3,(H,11,14)(H,13,15). The third kappa shape index (κ3) is 4.49. The van der Waals surface area contributed by atoms with Gasteiger partial charge >= 0.3 is 0 Å². The number of carbonyl (C=O) groups is 2. The van der Waals surface area contributed by atoms with E-state index in [1.165, 1.54) is 11.3 Å². The van der Waals surface area contributed by atoms with Gasteiger partial charge in [-0.2, -0.15) is 0 Å². The lowest BCUT2D eigenvalue weighted by Gasteiger charge is -2.12. The molecule has 1 atom stereocenters. The smallest absolute Gasteiger partial charge is 0.271 e. The molecule has 0 saturated carbocycles. The van der Waals surface area contributed by atoms with Crippen molar-refractivity contribution in [2.45, 2.75) is 13.0 Å². The van der Waals surface area contributed by atoms with Gasteiger partial charge in [0.1, 0.15) is 11.7 Å². The number of hydrogen-bond acceptors (Lipinski definition) is 5. The van der Waals surface area contributed by atoms with E-state index in [9.17, 15) is 9.59 Å². The lowest BCUT2D eigenvalue weighted by molar-refractivity contribution is -0.122. The van der Waals surface area contributed by atoms with E-state index in [2.05, 4.69) is 15.6 Å². The normalized spacial score (nSPS) is 11.9. The van der Waals surface area contributed by atoms with Crippen molar-refractivity contribution in [1.29, 1.82) is 0 Å². The maximum absolute atomic E-state index is 11.6. The summed E-state index contributed by atoms with van der Waals surface area (Å²) in [5, 5.41) is 6.83. The van der Waals surface area contributed by atoms with Crippen LogP contribution in [-0.2, 0) is 9.53 Å². The summed E-state index contributed by atoms with van der Waals surface area (Å²) in [6.07, 6.45) is 0. The summed E-state index contributed by atoms with van der Waals surface area (Å²) in [6.45, 7) is 2.48. The molecule has 0 aliphatic rings. The molecule has 17 heavy (non-hydrogen) atoms. The van der Waals surface area contributed by atoms with E-state index in [4.69, 9.17) is 4.74 Å². The predicted octanol–water partition coefficient (Wildman–Crippen LogP) is 0.0240. The van der Waals surface area contributed by atoms with Gasteiger partial charge in [-0.3, -0.25) is 9.59 Å². The number of rotatable bonds is 6. The highest BCUT2D eigenvalue weighted by molar-refractivity contribution is 7.07. The average molecular weight is 257 g/mol. The van der Waals surface area contributed by atoms with Crippen LogP contribution in [0.2, 0.25) is 0 Å². The van der Waals surface area contributed by atoms with E-state index in [-0.39, 0.29) is 11.8 Å². The second kappa shape index (κ2) is 6.97. The minimum Gasteiger partial charge on any atom is -0.383 e. The van der Waals surface area contributed by atoms with Crippen molar-refractivity contribution in [3.05, 3.63) is 16.6 Å². The number of thiazole rings is 1. The van der Waals surface area contributed by atoms with Crippen molar-refractivity contribution in [3.63, 3.8) is 0 Å². The molecule has 0 radical (unpaired) electrons. The molecule has 2 N–H and O–H groups in total. The molecule has 0 aliphatic heterocycles. The first-order valence-electron chi connectivity index (χ1n) is 5.11. The Bertz CT molecular complexity index is 367. The molecule has 2 amide bonds. The first-order valence-corrected chi connectivity index (χ1v) is 6.05. The molecular formula is C10H15N3O3S. The summed E-state index contributed by atoms with van der Waals surface area (Å²) >= 11 is 1.33. The predicted molar refractivity (Wildman–Crippen MR) is 63.9 cm³/mol. The maximum Gasteiger partial charge on any atom is 0.271 e. The molecule has 0 saturated heterocycles. The van der Waals surface area contributed by atoms with Crippen molar-refractivity contribution in [2.75, 3.05) is 20.3 Å². The quantitative estimate of drug-likeness (QED) is 0.704. The van der Waals surface area contributed by atoms with E-state index >= 15 is 0 Å². The van der Waals surface area contributed by atoms with Gasteiger partial charge in [-0.15, -0.1) is 11.3 Å². The van der Waals surface area contributed by atoms with Crippen LogP contribution in [0.15, 0.2) is 10.9 Å². The van der Waals surface area contributed by atoms with Crippen molar-refractivity contribution in [2.24, 2.45) is 0 Å². The maximum atomic E-state index is 11.6. The van der Waals surface area contributed by atoms with E-state index in [1.54, 1.807) is 24.9 Å². The van der Waals surface area contributed by atoms with Gasteiger partial charge in [-0.1, -0.05) is 0 Å². The Labute approximate surface area is 103 Å². The molecule has 1 unspecified atom stereocenters. The Morgan fingerprint density at radius 3 is 2.94 bits per heavy atom. The number of amides is 2. The van der Waals surface area contributed by atoms with E-state index in [0.29, 0.717) is 18.8 Å². The SMILES string of the molecule is COCCNC(=O)C(C)NC(=O)c1cscn1. The van der Waals surface area contributed by atoms with Crippen LogP contribution in [0.5, 0.6) is 0 Å². The Hall–Kier alpha value is -1.47. The van der Waals surface area contributed by atoms with Crippen LogP contribution in [0.3, 0.4) is 0 Å². The third-order valence-electron chi connectivity index (χ3n) is 2.01. The molecule has 0 spiro atoms. The highest BCUT2D eigenvalue weighted by Gasteiger charge is 2.16. The summed E-state index contributed by atoms with van der Waals surface area (Å²) in [5.41, 5.74) is 1.89. The van der Waals surface area contributed by atoms with Gasteiger partial charge in [0.25, 0.3) is 5.91 Å². The Balaban J connectivity index is 2.35. The number of nitrogens with zero attached hydrogens (tertiary/aromatic N) is 1. The number of carbonyl (C=O) groups excluding carboxylic acids is 2. The Morgan fingerprint density at radius 2 is 2.35 bits per heavy atom. The summed E-state index contributed by atoms with van der Waals surface area (Å²) in [7, 11) is 1.56. The van der Waals surface area contributed by atoms with Crippen LogP contribution >= 0.6 is 11.3 Å². The molecule has 1 aromatic heterocycles. The summed E-state index contributed by atoms with van der Waals surface area (Å²) in [4.78, 5) is 27.0. The molecule has 0 aliphatic carbocycles. The molecule has 7 heteroatoms. The van der Waals surface area contributed by atoms with Crippen LogP contribution < -0.4 is 10.6 Å². The van der Waals surface area contributed by atoms with Gasteiger partial charge in [0.05, 0.1) is 12.1 Å². The fourth-order valence-corrected chi connectivity index (χ4v) is 1.62. The molecule has 1 heterocycles. The summed E-state index contributed by atoms with van der Waals surface area (Å²) < 4.78 is 4.80. The van der Waals surface area contributed by atoms with Gasteiger partial charge in [0.15, 0.2) is 0 Å². The number of hydrogen-bond donors (Lipinski definition) is 2. The van der Waals surface area contributed by atoms with Crippen molar-refractivity contribution in [1.82, 2.24) is 15.6 Å². The zero-order valence-corrected chi connectivity index (χ0v) is 10.5. The van der Waals surface area contributed by atoms with E-state index in [1.807, 2.05) is 0 Å². The van der Waals surface area contributed by atoms with Crippen molar-refractivity contribution < 1.29 is 14.3 Å². The van der Waals surface area contributed by atoms with Gasteiger partial charge in [0, 0.05) is 19.0 Å². The molecule has 1 rings (SSSR count). The van der Waals surface area contributed by atoms with Crippen LogP contribution in [0.25, 0.3) is 0 Å². The second-order valence-electron chi connectivity index (χ2n) is 3.35. The largest absolute Gasteiger partial charge is 0.383 e. The highest BCUT2D eigenvalue weighted by atomic mass is 32.1. The van der Waals surface area contributed by atoms with Crippen LogP contribution in [0.4, 0.5) is 0 Å². The third-order valence-corrected chi connectivity index (χ3v) is 2.60. The first kappa shape index (κ1) is 13.6. The monoisotopic (exact) mass is 257 g/mol. The van der Waals surface area contributed by atoms with E-state index < -0.39 is 6.04 Å². The lowest BCUT2D eigenvalue weighted by Crippen LogP contribution is -2.45. The minimum atomic E-state index is -0.596. The number of nitrogens with one attached hydrogen (secondary N) is 2. The van der Waals surface area contributed by atoms with Crippen LogP contribution in [0, 0.1) is 0 Å². The summed E-state index contributed by atoms with van der Waals surface area (Å²) in [6, 6.07) is -0.596. The Morgan fingerprint density at radius 1 is 1.59 bits per heavy atom. The fourth-order valence-electron chi connectivity index (χ4n) is 1.09. The fraction of sp³-hybridized carbons (Fsp3) is 0.500. The summed E-state index contributed by atoms with van der Waals surface area (Å²) in [5.74, 6) is -0.591. The van der Waals surface area contributed by atoms with Crippen LogP contribution in [-0.4, -0.2) is 43.1 Å². The van der Waals surface area contributed by atoms with Crippen molar-refractivity contribution in [3.8, 4) is 0 Å². The molecular weight excluding hydrogens is 242 g/mol. The van der Waals surface area contributed by atoms with Gasteiger partial charge in [-0.05, 0) is 6.92 Å². The number of ether oxygens (including phenoxy) is 1.